The van der Waals surface area contributed by atoms with E-state index in [9.17, 15) is 19.2 Å². The Morgan fingerprint density at radius 2 is 0.794 bits per heavy atom. The molecule has 0 aliphatic heterocycles. The first-order chi connectivity index (χ1) is 45.6. The number of hydrogen-bond acceptors (Lipinski definition) is 18. The number of fused-ring (bicyclic) bond motifs is 16. The van der Waals surface area contributed by atoms with Crippen LogP contribution in [0, 0.1) is 58.8 Å². The molecule has 18 rings (SSSR count). The molecule has 20 nitrogen and oxygen atoms in total. The van der Waals surface area contributed by atoms with Crippen molar-refractivity contribution in [3.05, 3.63) is 246 Å². The van der Waals surface area contributed by atoms with Gasteiger partial charge in [-0.2, -0.15) is 0 Å². The van der Waals surface area contributed by atoms with E-state index in [1.807, 2.05) is 169 Å². The summed E-state index contributed by atoms with van der Waals surface area (Å²) < 4.78 is 11.4. The van der Waals surface area contributed by atoms with Crippen LogP contribution in [0.3, 0.4) is 0 Å². The molecule has 0 aliphatic carbocycles. The Bertz CT molecular complexity index is 6340. The number of nitrogens with zero attached hydrogens (tertiary/aromatic N) is 13. The molecule has 97 heavy (non-hydrogen) atoms. The zero-order valence-electron chi connectivity index (χ0n) is 51.3. The van der Waals surface area contributed by atoms with Gasteiger partial charge in [-0.05, 0) is 110 Å². The van der Waals surface area contributed by atoms with E-state index in [4.69, 9.17) is 11.5 Å². The Balaban J connectivity index is 0.000000122. The van der Waals surface area contributed by atoms with Crippen molar-refractivity contribution in [2.45, 2.75) is 35.1 Å². The maximum Gasteiger partial charge on any atom is 0.275 e. The Labute approximate surface area is 610 Å². The second kappa shape index (κ2) is 27.3. The van der Waals surface area contributed by atoms with Gasteiger partial charge in [-0.1, -0.05) is 78.2 Å². The van der Waals surface area contributed by atoms with Crippen LogP contribution in [0.25, 0.3) is 126 Å². The summed E-state index contributed by atoms with van der Waals surface area (Å²) in [5.74, 6) is 0. The van der Waals surface area contributed by atoms with Gasteiger partial charge in [-0.15, -0.1) is 45.3 Å². The third-order valence-electron chi connectivity index (χ3n) is 16.1. The third-order valence-corrected chi connectivity index (χ3v) is 21.1. The van der Waals surface area contributed by atoms with Gasteiger partial charge in [0.05, 0.1) is 71.0 Å². The van der Waals surface area contributed by atoms with E-state index in [-0.39, 0.29) is 79.3 Å². The fraction of sp³-hybridized carbons (Fsp3) is 0.0857. The molecule has 0 amide bonds. The summed E-state index contributed by atoms with van der Waals surface area (Å²) in [6, 6.07) is 36.9. The largest absolute Gasteiger partial charge is 0.398 e. The molecule has 4 aromatic carbocycles. The predicted octanol–water partition coefficient (Wildman–Crippen LogP) is 14.7. The van der Waals surface area contributed by atoms with Gasteiger partial charge < -0.3 is 21.0 Å². The molecule has 14 heterocycles. The number of aryl methyl sites for hydroxylation is 5. The molecule has 477 valence electrons. The summed E-state index contributed by atoms with van der Waals surface area (Å²) in [6.45, 7) is 8.06. The average Bonchev–Trinajstić information content (AvgIpc) is 1.62. The van der Waals surface area contributed by atoms with Crippen LogP contribution in [0.4, 0.5) is 11.4 Å². The standard InChI is InChI=1S/C19H14N4OS.C18H12N4OS.C16H11BrN4OS.C16H12N4OS.CH4.U.V/c1-11-3-5-13(6-4-11)23-10-21-15-14-16-12(7-8-22(16)2)9-20-18(14)25-17(15)19(23)24;1-10-2-4-12(5-3-10)22-9-21-15-13-14-11(6-7-19-14)8-20-17(13)24-16(15)18(22)23;1-8-2-4-9(5-3-8)21-7-20-13-11-12(18)10(17)6-19-15(11)23-14(13)16(21)22;1-9-2-4-10(5-3-9)20-8-19-13-12-11(17)6-7-18-15(12)22-14(13)16(20)21;;;/h3-10H,1-2H3;2-9,19H,1H3;2-7H,1H3,(H2,18,19);2-8H,1H3,(H2,17,18);1H4;;. The summed E-state index contributed by atoms with van der Waals surface area (Å²) in [4.78, 5) is 93.7. The van der Waals surface area contributed by atoms with Crippen LogP contribution in [-0.2, 0) is 25.6 Å². The van der Waals surface area contributed by atoms with Crippen LogP contribution in [-0.4, -0.2) is 67.7 Å². The van der Waals surface area contributed by atoms with Crippen LogP contribution in [0.15, 0.2) is 201 Å². The van der Waals surface area contributed by atoms with Crippen molar-refractivity contribution < 1.29 is 49.7 Å². The van der Waals surface area contributed by atoms with Crippen LogP contribution in [0.1, 0.15) is 29.7 Å². The van der Waals surface area contributed by atoms with E-state index in [2.05, 4.69) is 65.4 Å². The topological polar surface area (TPSA) is 264 Å². The van der Waals surface area contributed by atoms with Gasteiger partial charge in [0, 0.05) is 110 Å². The molecule has 0 aliphatic rings. The molecular formula is C70H53BrN16O4S4UV. The maximum atomic E-state index is 13.0. The summed E-state index contributed by atoms with van der Waals surface area (Å²) in [5, 5.41) is 5.44. The number of thiophene rings is 4. The van der Waals surface area contributed by atoms with Gasteiger partial charge in [0.15, 0.2) is 0 Å². The number of aromatic nitrogens is 14. The van der Waals surface area contributed by atoms with E-state index in [0.29, 0.717) is 56.0 Å². The molecule has 18 aromatic rings. The van der Waals surface area contributed by atoms with Crippen LogP contribution in [0.5, 0.6) is 0 Å². The van der Waals surface area contributed by atoms with Crippen molar-refractivity contribution in [2.75, 3.05) is 11.5 Å². The molecule has 0 saturated heterocycles. The number of hydrogen-bond donors (Lipinski definition) is 3. The van der Waals surface area contributed by atoms with Crippen LogP contribution in [0.2, 0.25) is 0 Å². The molecule has 1 radical (unpaired) electrons. The molecule has 0 unspecified atom stereocenters. The summed E-state index contributed by atoms with van der Waals surface area (Å²) >= 11 is 8.81. The van der Waals surface area contributed by atoms with Gasteiger partial charge in [0.25, 0.3) is 22.2 Å². The molecule has 14 aromatic heterocycles. The van der Waals surface area contributed by atoms with E-state index in [0.717, 1.165) is 108 Å². The summed E-state index contributed by atoms with van der Waals surface area (Å²) in [7, 11) is 2.00. The SMILES string of the molecule is C.Cc1ccc(-n2cnc3c(sc4ncc(Br)c(N)c43)c2=O)cc1.Cc1ccc(-n2cnc3c(sc4ncc5cc[nH]c5c43)c2=O)cc1.Cc1ccc(-n2cnc3c(sc4ncc5ccn(C)c5c43)c2=O)cc1.Cc1ccc(-n2cnc3c(sc4nccc(N)c43)c2=O)cc1.[U].[V]. The molecular weight excluding hydrogens is 1630 g/mol. The third kappa shape index (κ3) is 12.1. The maximum absolute atomic E-state index is 13.0. The van der Waals surface area contributed by atoms with E-state index >= 15 is 0 Å². The first kappa shape index (κ1) is 67.6. The van der Waals surface area contributed by atoms with Crippen molar-refractivity contribution in [3.63, 3.8) is 0 Å². The number of H-pyrrole nitrogens is 1. The Morgan fingerprint density at radius 3 is 1.24 bits per heavy atom. The summed E-state index contributed by atoms with van der Waals surface area (Å²) in [5.41, 5.74) is 25.5. The molecule has 5 N–H and O–H groups in total. The molecule has 0 bridgehead atoms. The van der Waals surface area contributed by atoms with Gasteiger partial charge in [0.1, 0.15) is 80.0 Å². The van der Waals surface area contributed by atoms with E-state index in [1.54, 1.807) is 62.0 Å². The number of rotatable bonds is 4. The quantitative estimate of drug-likeness (QED) is 0.148. The van der Waals surface area contributed by atoms with Crippen LogP contribution >= 0.6 is 61.3 Å². The number of nitrogens with two attached hydrogens (primary N) is 2. The zero-order valence-corrected chi connectivity index (χ0v) is 61.7. The number of halogens is 1. The first-order valence-corrected chi connectivity index (χ1v) is 33.2. The van der Waals surface area contributed by atoms with Crippen molar-refractivity contribution in [3.8, 4) is 22.7 Å². The number of benzene rings is 4. The van der Waals surface area contributed by atoms with Crippen LogP contribution < -0.4 is 33.7 Å². The average molecular weight is 1680 g/mol. The molecule has 27 heteroatoms. The van der Waals surface area contributed by atoms with Gasteiger partial charge in [-0.25, -0.2) is 39.9 Å². The number of aromatic amines is 1. The molecule has 0 saturated carbocycles. The van der Waals surface area contributed by atoms with Crippen molar-refractivity contribution >= 4 is 176 Å². The number of nitrogen functional groups attached to an aromatic ring is 2. The Hall–Kier alpha value is -9.32. The van der Waals surface area contributed by atoms with E-state index in [1.165, 1.54) is 45.3 Å². The van der Waals surface area contributed by atoms with Gasteiger partial charge >= 0.3 is 0 Å². The summed E-state index contributed by atoms with van der Waals surface area (Å²) in [6.07, 6.45) is 17.2. The Kier molecular flexibility index (Phi) is 19.0. The fourth-order valence-electron chi connectivity index (χ4n) is 11.2. The normalized spacial score (nSPS) is 11.2. The van der Waals surface area contributed by atoms with Crippen molar-refractivity contribution in [1.29, 1.82) is 0 Å². The predicted molar refractivity (Wildman–Crippen MR) is 393 cm³/mol. The Morgan fingerprint density at radius 1 is 0.433 bits per heavy atom. The zero-order chi connectivity index (χ0) is 64.8. The monoisotopic (exact) mass is 1680 g/mol. The fourth-order valence-corrected chi connectivity index (χ4v) is 15.7. The molecule has 0 fully saturated rings. The van der Waals surface area contributed by atoms with Crippen molar-refractivity contribution in [2.24, 2.45) is 7.05 Å². The minimum absolute atomic E-state index is 0. The van der Waals surface area contributed by atoms with Gasteiger partial charge in [0.2, 0.25) is 0 Å². The second-order valence-electron chi connectivity index (χ2n) is 22.3. The minimum atomic E-state index is -0.114. The number of nitrogens with one attached hydrogen (secondary N) is 1. The van der Waals surface area contributed by atoms with Gasteiger partial charge in [-0.3, -0.25) is 37.4 Å². The molecule has 0 spiro atoms. The second-order valence-corrected chi connectivity index (χ2v) is 27.2. The minimum Gasteiger partial charge on any atom is -0.398 e. The smallest absolute Gasteiger partial charge is 0.275 e. The van der Waals surface area contributed by atoms with Crippen molar-refractivity contribution in [1.82, 2.24) is 67.7 Å². The molecule has 0 atom stereocenters. The number of pyridine rings is 4. The number of anilines is 2. The van der Waals surface area contributed by atoms with E-state index < -0.39 is 0 Å². The first-order valence-electron chi connectivity index (χ1n) is 29.1.